The second kappa shape index (κ2) is 3.65. The first-order valence-electron chi connectivity index (χ1n) is 4.49. The number of nitrogens with one attached hydrogen (secondary N) is 1. The zero-order valence-electron chi connectivity index (χ0n) is 8.12. The minimum atomic E-state index is -0.298. The van der Waals surface area contributed by atoms with Crippen LogP contribution >= 0.6 is 0 Å². The molecule has 0 bridgehead atoms. The maximum absolute atomic E-state index is 12.6. The van der Waals surface area contributed by atoms with Crippen LogP contribution in [-0.4, -0.2) is 11.7 Å². The molecule has 15 heavy (non-hydrogen) atoms. The van der Waals surface area contributed by atoms with Gasteiger partial charge in [-0.2, -0.15) is 0 Å². The Bertz CT molecular complexity index is 460. The Morgan fingerprint density at radius 2 is 2.00 bits per heavy atom. The summed E-state index contributed by atoms with van der Waals surface area (Å²) >= 11 is 0. The molecule has 0 aromatic heterocycles. The van der Waals surface area contributed by atoms with Crippen LogP contribution in [-0.2, 0) is 4.79 Å². The first-order chi connectivity index (χ1) is 7.15. The molecule has 0 unspecified atom stereocenters. The zero-order chi connectivity index (χ0) is 10.8. The molecule has 0 aliphatic carbocycles. The second-order valence-electron chi connectivity index (χ2n) is 3.23. The summed E-state index contributed by atoms with van der Waals surface area (Å²) in [5, 5.41) is 2.57. The van der Waals surface area contributed by atoms with E-state index in [0.29, 0.717) is 11.5 Å². The van der Waals surface area contributed by atoms with Crippen molar-refractivity contribution in [1.29, 1.82) is 0 Å². The van der Waals surface area contributed by atoms with Crippen LogP contribution < -0.4 is 5.32 Å². The fourth-order valence-corrected chi connectivity index (χ4v) is 1.30. The lowest BCUT2D eigenvalue weighted by molar-refractivity contribution is -0.115. The summed E-state index contributed by atoms with van der Waals surface area (Å²) in [5.41, 5.74) is 1.10. The highest BCUT2D eigenvalue weighted by atomic mass is 19.1. The van der Waals surface area contributed by atoms with Crippen molar-refractivity contribution in [3.63, 3.8) is 0 Å². The standard InChI is InChI=1S/C11H9FN2O/c1-7-13-10(11(15)14-7)6-8-2-4-9(12)5-3-8/h2-6H,1H3,(H,13,14,15)/b10-6+. The van der Waals surface area contributed by atoms with Crippen LogP contribution in [0.25, 0.3) is 6.08 Å². The molecule has 76 valence electrons. The lowest BCUT2D eigenvalue weighted by atomic mass is 10.2. The smallest absolute Gasteiger partial charge is 0.275 e. The van der Waals surface area contributed by atoms with E-state index < -0.39 is 0 Å². The van der Waals surface area contributed by atoms with E-state index in [9.17, 15) is 9.18 Å². The van der Waals surface area contributed by atoms with Crippen molar-refractivity contribution in [2.24, 2.45) is 4.99 Å². The van der Waals surface area contributed by atoms with Gasteiger partial charge in [0, 0.05) is 0 Å². The Balaban J connectivity index is 2.31. The van der Waals surface area contributed by atoms with Gasteiger partial charge in [0.2, 0.25) is 0 Å². The first kappa shape index (κ1) is 9.58. The molecule has 0 spiro atoms. The topological polar surface area (TPSA) is 41.5 Å². The highest BCUT2D eigenvalue weighted by molar-refractivity contribution is 6.13. The quantitative estimate of drug-likeness (QED) is 0.695. The molecule has 1 aliphatic heterocycles. The summed E-state index contributed by atoms with van der Waals surface area (Å²) < 4.78 is 12.6. The molecule has 1 amide bonds. The van der Waals surface area contributed by atoms with Crippen LogP contribution in [0.4, 0.5) is 4.39 Å². The molecule has 0 fully saturated rings. The van der Waals surface area contributed by atoms with Gasteiger partial charge in [0.1, 0.15) is 17.3 Å². The van der Waals surface area contributed by atoms with Gasteiger partial charge in [-0.15, -0.1) is 0 Å². The molecule has 1 heterocycles. The van der Waals surface area contributed by atoms with Crippen LogP contribution in [0.1, 0.15) is 12.5 Å². The van der Waals surface area contributed by atoms with Crippen molar-refractivity contribution >= 4 is 17.8 Å². The van der Waals surface area contributed by atoms with Crippen LogP contribution in [0, 0.1) is 5.82 Å². The van der Waals surface area contributed by atoms with Gasteiger partial charge in [0.15, 0.2) is 0 Å². The molecule has 0 atom stereocenters. The first-order valence-corrected chi connectivity index (χ1v) is 4.49. The summed E-state index contributed by atoms with van der Waals surface area (Å²) in [4.78, 5) is 15.3. The van der Waals surface area contributed by atoms with Gasteiger partial charge in [-0.1, -0.05) is 12.1 Å². The number of amidine groups is 1. The molecule has 0 saturated carbocycles. The highest BCUT2D eigenvalue weighted by Crippen LogP contribution is 2.12. The molecule has 2 rings (SSSR count). The molecule has 1 aliphatic rings. The highest BCUT2D eigenvalue weighted by Gasteiger charge is 2.16. The number of halogens is 1. The average Bonchev–Trinajstić information content (AvgIpc) is 2.49. The molecule has 1 aromatic rings. The van der Waals surface area contributed by atoms with Crippen molar-refractivity contribution in [2.45, 2.75) is 6.92 Å². The van der Waals surface area contributed by atoms with E-state index in [1.54, 1.807) is 25.1 Å². The summed E-state index contributed by atoms with van der Waals surface area (Å²) in [6, 6.07) is 5.88. The number of hydrogen-bond acceptors (Lipinski definition) is 2. The van der Waals surface area contributed by atoms with Crippen LogP contribution in [0.5, 0.6) is 0 Å². The molecule has 3 nitrogen and oxygen atoms in total. The third kappa shape index (κ3) is 2.10. The van der Waals surface area contributed by atoms with Crippen molar-refractivity contribution in [3.05, 3.63) is 41.3 Å². The predicted molar refractivity (Wildman–Crippen MR) is 55.6 cm³/mol. The molecule has 4 heteroatoms. The lowest BCUT2D eigenvalue weighted by Gasteiger charge is -1.94. The maximum atomic E-state index is 12.6. The number of carbonyl (C=O) groups excluding carboxylic acids is 1. The molecule has 1 aromatic carbocycles. The summed E-state index contributed by atoms with van der Waals surface area (Å²) in [5.74, 6) is 0.0536. The van der Waals surface area contributed by atoms with Gasteiger partial charge in [-0.05, 0) is 30.7 Å². The number of amides is 1. The third-order valence-electron chi connectivity index (χ3n) is 1.99. The van der Waals surface area contributed by atoms with E-state index in [1.165, 1.54) is 12.1 Å². The maximum Gasteiger partial charge on any atom is 0.275 e. The SMILES string of the molecule is CC1=N/C(=C/c2ccc(F)cc2)C(=O)N1. The molecule has 0 radical (unpaired) electrons. The number of nitrogens with zero attached hydrogens (tertiary/aromatic N) is 1. The van der Waals surface area contributed by atoms with Gasteiger partial charge in [0.25, 0.3) is 5.91 Å². The Kier molecular flexibility index (Phi) is 2.33. The van der Waals surface area contributed by atoms with Crippen molar-refractivity contribution in [1.82, 2.24) is 5.32 Å². The molecule has 0 saturated heterocycles. The summed E-state index contributed by atoms with van der Waals surface area (Å²) in [6.07, 6.45) is 1.62. The summed E-state index contributed by atoms with van der Waals surface area (Å²) in [6.45, 7) is 1.71. The number of carbonyl (C=O) groups is 1. The molecular weight excluding hydrogens is 195 g/mol. The van der Waals surface area contributed by atoms with Crippen molar-refractivity contribution in [3.8, 4) is 0 Å². The Hall–Kier alpha value is -1.97. The van der Waals surface area contributed by atoms with E-state index >= 15 is 0 Å². The third-order valence-corrected chi connectivity index (χ3v) is 1.99. The fraction of sp³-hybridized carbons (Fsp3) is 0.0909. The van der Waals surface area contributed by atoms with Crippen LogP contribution in [0.2, 0.25) is 0 Å². The number of rotatable bonds is 1. The molecule has 1 N–H and O–H groups in total. The Morgan fingerprint density at radius 3 is 2.53 bits per heavy atom. The van der Waals surface area contributed by atoms with Gasteiger partial charge in [-0.3, -0.25) is 4.79 Å². The van der Waals surface area contributed by atoms with E-state index in [0.717, 1.165) is 5.56 Å². The van der Waals surface area contributed by atoms with Gasteiger partial charge < -0.3 is 5.32 Å². The van der Waals surface area contributed by atoms with Crippen molar-refractivity contribution in [2.75, 3.05) is 0 Å². The Morgan fingerprint density at radius 1 is 1.33 bits per heavy atom. The van der Waals surface area contributed by atoms with Crippen LogP contribution in [0.15, 0.2) is 35.0 Å². The van der Waals surface area contributed by atoms with E-state index in [1.807, 2.05) is 0 Å². The zero-order valence-corrected chi connectivity index (χ0v) is 8.12. The van der Waals surface area contributed by atoms with Crippen molar-refractivity contribution < 1.29 is 9.18 Å². The van der Waals surface area contributed by atoms with Gasteiger partial charge >= 0.3 is 0 Å². The normalized spacial score (nSPS) is 17.9. The fourth-order valence-electron chi connectivity index (χ4n) is 1.30. The number of benzene rings is 1. The minimum absolute atomic E-state index is 0.225. The molecular formula is C11H9FN2O. The average molecular weight is 204 g/mol. The minimum Gasteiger partial charge on any atom is -0.309 e. The lowest BCUT2D eigenvalue weighted by Crippen LogP contribution is -2.21. The van der Waals surface area contributed by atoms with E-state index in [4.69, 9.17) is 0 Å². The Labute approximate surface area is 86.3 Å². The number of aliphatic imine (C=N–C) groups is 1. The predicted octanol–water partition coefficient (Wildman–Crippen LogP) is 1.71. The second-order valence-corrected chi connectivity index (χ2v) is 3.23. The van der Waals surface area contributed by atoms with Gasteiger partial charge in [-0.25, -0.2) is 9.38 Å². The number of hydrogen-bond donors (Lipinski definition) is 1. The monoisotopic (exact) mass is 204 g/mol. The summed E-state index contributed by atoms with van der Waals surface area (Å²) in [7, 11) is 0. The van der Waals surface area contributed by atoms with E-state index in [-0.39, 0.29) is 11.7 Å². The van der Waals surface area contributed by atoms with Gasteiger partial charge in [0.05, 0.1) is 0 Å². The van der Waals surface area contributed by atoms with E-state index in [2.05, 4.69) is 10.3 Å². The van der Waals surface area contributed by atoms with Crippen LogP contribution in [0.3, 0.4) is 0 Å². The largest absolute Gasteiger partial charge is 0.309 e.